The number of aryl methyl sites for hydroxylation is 1. The van der Waals surface area contributed by atoms with E-state index in [1.165, 1.54) is 0 Å². The predicted octanol–water partition coefficient (Wildman–Crippen LogP) is 1.39. The van der Waals surface area contributed by atoms with Crippen LogP contribution in [-0.2, 0) is 17.9 Å². The van der Waals surface area contributed by atoms with Crippen molar-refractivity contribution in [1.82, 2.24) is 15.6 Å². The standard InChI is InChI=1S/C14H17N3O2/c1-11-7-17-14(19-11)10-15-9-13(18)16-8-12-5-3-2-4-6-12/h2-7,15H,8-10H2,1H3,(H,16,18). The van der Waals surface area contributed by atoms with Crippen LogP contribution in [0.15, 0.2) is 40.9 Å². The lowest BCUT2D eigenvalue weighted by Gasteiger charge is -2.05. The predicted molar refractivity (Wildman–Crippen MR) is 71.2 cm³/mol. The largest absolute Gasteiger partial charge is 0.445 e. The number of nitrogens with zero attached hydrogens (tertiary/aromatic N) is 1. The summed E-state index contributed by atoms with van der Waals surface area (Å²) in [5.74, 6) is 1.31. The molecule has 0 unspecified atom stereocenters. The molecule has 0 spiro atoms. The van der Waals surface area contributed by atoms with Crippen molar-refractivity contribution in [3.8, 4) is 0 Å². The number of hydrogen-bond donors (Lipinski definition) is 2. The molecule has 1 amide bonds. The molecule has 5 heteroatoms. The Morgan fingerprint density at radius 3 is 2.74 bits per heavy atom. The van der Waals surface area contributed by atoms with Crippen LogP contribution in [0.3, 0.4) is 0 Å². The van der Waals surface area contributed by atoms with Crippen molar-refractivity contribution in [2.45, 2.75) is 20.0 Å². The fourth-order valence-corrected chi connectivity index (χ4v) is 1.63. The maximum atomic E-state index is 11.6. The summed E-state index contributed by atoms with van der Waals surface area (Å²) in [7, 11) is 0. The monoisotopic (exact) mass is 259 g/mol. The zero-order valence-electron chi connectivity index (χ0n) is 10.8. The van der Waals surface area contributed by atoms with Gasteiger partial charge in [-0.2, -0.15) is 0 Å². The summed E-state index contributed by atoms with van der Waals surface area (Å²) >= 11 is 0. The normalized spacial score (nSPS) is 10.4. The topological polar surface area (TPSA) is 67.2 Å². The van der Waals surface area contributed by atoms with Gasteiger partial charge >= 0.3 is 0 Å². The molecular weight excluding hydrogens is 242 g/mol. The van der Waals surface area contributed by atoms with Gasteiger partial charge in [0.1, 0.15) is 5.76 Å². The highest BCUT2D eigenvalue weighted by molar-refractivity contribution is 5.77. The van der Waals surface area contributed by atoms with E-state index in [0.717, 1.165) is 11.3 Å². The van der Waals surface area contributed by atoms with Gasteiger partial charge in [0, 0.05) is 6.54 Å². The Morgan fingerprint density at radius 1 is 1.26 bits per heavy atom. The summed E-state index contributed by atoms with van der Waals surface area (Å²) in [6.07, 6.45) is 1.66. The van der Waals surface area contributed by atoms with Crippen LogP contribution >= 0.6 is 0 Å². The van der Waals surface area contributed by atoms with Crippen LogP contribution in [-0.4, -0.2) is 17.4 Å². The second-order valence-electron chi connectivity index (χ2n) is 4.23. The third-order valence-electron chi connectivity index (χ3n) is 2.56. The van der Waals surface area contributed by atoms with E-state index in [2.05, 4.69) is 15.6 Å². The van der Waals surface area contributed by atoms with Crippen molar-refractivity contribution < 1.29 is 9.21 Å². The van der Waals surface area contributed by atoms with Gasteiger partial charge in [-0.3, -0.25) is 10.1 Å². The number of amides is 1. The highest BCUT2D eigenvalue weighted by Crippen LogP contribution is 2.00. The Kier molecular flexibility index (Phi) is 4.69. The lowest BCUT2D eigenvalue weighted by Crippen LogP contribution is -2.33. The van der Waals surface area contributed by atoms with Crippen molar-refractivity contribution in [2.75, 3.05) is 6.54 Å². The smallest absolute Gasteiger partial charge is 0.234 e. The molecule has 2 N–H and O–H groups in total. The van der Waals surface area contributed by atoms with Crippen LogP contribution < -0.4 is 10.6 Å². The van der Waals surface area contributed by atoms with Crippen molar-refractivity contribution >= 4 is 5.91 Å². The number of rotatable bonds is 6. The molecule has 1 aromatic carbocycles. The van der Waals surface area contributed by atoms with E-state index in [-0.39, 0.29) is 12.5 Å². The summed E-state index contributed by atoms with van der Waals surface area (Å²) < 4.78 is 5.29. The molecule has 100 valence electrons. The van der Waals surface area contributed by atoms with Gasteiger partial charge in [-0.15, -0.1) is 0 Å². The minimum atomic E-state index is -0.0490. The van der Waals surface area contributed by atoms with Gasteiger partial charge in [-0.05, 0) is 12.5 Å². The molecule has 0 aliphatic rings. The zero-order chi connectivity index (χ0) is 13.5. The summed E-state index contributed by atoms with van der Waals surface area (Å²) in [6.45, 7) is 3.07. The number of carbonyl (C=O) groups excluding carboxylic acids is 1. The quantitative estimate of drug-likeness (QED) is 0.822. The maximum Gasteiger partial charge on any atom is 0.234 e. The minimum absolute atomic E-state index is 0.0490. The van der Waals surface area contributed by atoms with Gasteiger partial charge in [0.2, 0.25) is 11.8 Å². The summed E-state index contributed by atoms with van der Waals surface area (Å²) in [5, 5.41) is 5.82. The highest BCUT2D eigenvalue weighted by atomic mass is 16.4. The molecular formula is C14H17N3O2. The molecule has 0 radical (unpaired) electrons. The van der Waals surface area contributed by atoms with Gasteiger partial charge in [-0.1, -0.05) is 30.3 Å². The molecule has 0 fully saturated rings. The van der Waals surface area contributed by atoms with Gasteiger partial charge < -0.3 is 9.73 Å². The molecule has 2 aromatic rings. The summed E-state index contributed by atoms with van der Waals surface area (Å²) in [4.78, 5) is 15.6. The van der Waals surface area contributed by atoms with Crippen LogP contribution in [0, 0.1) is 6.92 Å². The summed E-state index contributed by atoms with van der Waals surface area (Å²) in [6, 6.07) is 9.80. The maximum absolute atomic E-state index is 11.6. The molecule has 2 rings (SSSR count). The Bertz CT molecular complexity index is 522. The van der Waals surface area contributed by atoms with E-state index >= 15 is 0 Å². The van der Waals surface area contributed by atoms with Crippen LogP contribution in [0.4, 0.5) is 0 Å². The fourth-order valence-electron chi connectivity index (χ4n) is 1.63. The van der Waals surface area contributed by atoms with Crippen molar-refractivity contribution in [2.24, 2.45) is 0 Å². The molecule has 0 aliphatic carbocycles. The Morgan fingerprint density at radius 2 is 2.05 bits per heavy atom. The van der Waals surface area contributed by atoms with Crippen LogP contribution in [0.2, 0.25) is 0 Å². The SMILES string of the molecule is Cc1cnc(CNCC(=O)NCc2ccccc2)o1. The number of hydrogen-bond acceptors (Lipinski definition) is 4. The Labute approximate surface area is 112 Å². The number of oxazole rings is 1. The van der Waals surface area contributed by atoms with E-state index in [9.17, 15) is 4.79 Å². The van der Waals surface area contributed by atoms with Crippen molar-refractivity contribution in [3.05, 3.63) is 53.7 Å². The first-order chi connectivity index (χ1) is 9.24. The van der Waals surface area contributed by atoms with E-state index in [4.69, 9.17) is 4.42 Å². The highest BCUT2D eigenvalue weighted by Gasteiger charge is 2.03. The van der Waals surface area contributed by atoms with Crippen LogP contribution in [0.1, 0.15) is 17.2 Å². The van der Waals surface area contributed by atoms with E-state index < -0.39 is 0 Å². The lowest BCUT2D eigenvalue weighted by atomic mass is 10.2. The first kappa shape index (κ1) is 13.3. The van der Waals surface area contributed by atoms with Crippen LogP contribution in [0.25, 0.3) is 0 Å². The Hall–Kier alpha value is -2.14. The Balaban J connectivity index is 1.65. The molecule has 0 saturated carbocycles. The zero-order valence-corrected chi connectivity index (χ0v) is 10.8. The molecule has 1 heterocycles. The van der Waals surface area contributed by atoms with Crippen molar-refractivity contribution in [3.63, 3.8) is 0 Å². The molecule has 0 aliphatic heterocycles. The van der Waals surface area contributed by atoms with Gasteiger partial charge in [0.15, 0.2) is 0 Å². The number of nitrogens with one attached hydrogen (secondary N) is 2. The van der Waals surface area contributed by atoms with E-state index in [1.807, 2.05) is 37.3 Å². The second-order valence-corrected chi connectivity index (χ2v) is 4.23. The molecule has 19 heavy (non-hydrogen) atoms. The summed E-state index contributed by atoms with van der Waals surface area (Å²) in [5.41, 5.74) is 1.08. The first-order valence-electron chi connectivity index (χ1n) is 6.16. The van der Waals surface area contributed by atoms with E-state index in [0.29, 0.717) is 19.0 Å². The van der Waals surface area contributed by atoms with Crippen molar-refractivity contribution in [1.29, 1.82) is 0 Å². The van der Waals surface area contributed by atoms with Gasteiger partial charge in [0.05, 0.1) is 19.3 Å². The fraction of sp³-hybridized carbons (Fsp3) is 0.286. The van der Waals surface area contributed by atoms with Gasteiger partial charge in [-0.25, -0.2) is 4.98 Å². The molecule has 5 nitrogen and oxygen atoms in total. The molecule has 0 bridgehead atoms. The molecule has 0 atom stereocenters. The first-order valence-corrected chi connectivity index (χ1v) is 6.16. The minimum Gasteiger partial charge on any atom is -0.445 e. The molecule has 0 saturated heterocycles. The lowest BCUT2D eigenvalue weighted by molar-refractivity contribution is -0.120. The molecule has 1 aromatic heterocycles. The number of aromatic nitrogens is 1. The van der Waals surface area contributed by atoms with E-state index in [1.54, 1.807) is 6.20 Å². The second kappa shape index (κ2) is 6.70. The number of carbonyl (C=O) groups is 1. The number of benzene rings is 1. The van der Waals surface area contributed by atoms with Gasteiger partial charge in [0.25, 0.3) is 0 Å². The third-order valence-corrected chi connectivity index (χ3v) is 2.56. The third kappa shape index (κ3) is 4.56. The van der Waals surface area contributed by atoms with Crippen LogP contribution in [0.5, 0.6) is 0 Å². The average molecular weight is 259 g/mol. The average Bonchev–Trinajstić information content (AvgIpc) is 2.83.